The molecule has 1 aromatic carbocycles. The summed E-state index contributed by atoms with van der Waals surface area (Å²) in [4.78, 5) is 11.9. The highest BCUT2D eigenvalue weighted by Crippen LogP contribution is 2.23. The largest absolute Gasteiger partial charge is 0.466 e. The van der Waals surface area contributed by atoms with Crippen molar-refractivity contribution in [2.24, 2.45) is 0 Å². The van der Waals surface area contributed by atoms with Gasteiger partial charge in [0.2, 0.25) is 0 Å². The molecule has 0 aliphatic rings. The zero-order chi connectivity index (χ0) is 17.0. The van der Waals surface area contributed by atoms with Crippen molar-refractivity contribution in [3.8, 4) is 0 Å². The van der Waals surface area contributed by atoms with E-state index in [0.717, 1.165) is 33.9 Å². The first-order valence-electron chi connectivity index (χ1n) is 7.73. The van der Waals surface area contributed by atoms with Gasteiger partial charge in [0.05, 0.1) is 6.10 Å². The number of furan rings is 1. The number of hydrogen-bond acceptors (Lipinski definition) is 3. The molecule has 2 amide bonds. The molecule has 1 unspecified atom stereocenters. The average Bonchev–Trinajstić information content (AvgIpc) is 2.76. The van der Waals surface area contributed by atoms with Gasteiger partial charge in [0.25, 0.3) is 0 Å². The molecule has 3 N–H and O–H groups in total. The maximum Gasteiger partial charge on any atom is 0.319 e. The zero-order valence-electron chi connectivity index (χ0n) is 14.1. The summed E-state index contributed by atoms with van der Waals surface area (Å²) < 4.78 is 5.40. The molecule has 0 aliphatic carbocycles. The molecule has 5 nitrogen and oxygen atoms in total. The van der Waals surface area contributed by atoms with E-state index in [1.165, 1.54) is 0 Å². The Kier molecular flexibility index (Phi) is 5.45. The van der Waals surface area contributed by atoms with Crippen LogP contribution in [0.1, 0.15) is 40.7 Å². The number of hydrogen-bond donors (Lipinski definition) is 3. The molecule has 0 saturated heterocycles. The first-order chi connectivity index (χ1) is 10.8. The third-order valence-electron chi connectivity index (χ3n) is 3.62. The number of aliphatic hydroxyl groups excluding tert-OH is 1. The predicted molar refractivity (Wildman–Crippen MR) is 90.7 cm³/mol. The Hall–Kier alpha value is -2.27. The number of aliphatic hydroxyl groups is 1. The second-order valence-electron chi connectivity index (χ2n) is 5.93. The molecule has 2 rings (SSSR count). The molecule has 0 saturated carbocycles. The second kappa shape index (κ2) is 7.33. The van der Waals surface area contributed by atoms with E-state index < -0.39 is 6.10 Å². The van der Waals surface area contributed by atoms with Crippen LogP contribution in [0.25, 0.3) is 0 Å². The number of carbonyl (C=O) groups excluding carboxylic acids is 1. The highest BCUT2D eigenvalue weighted by molar-refractivity contribution is 5.89. The quantitative estimate of drug-likeness (QED) is 0.786. The van der Waals surface area contributed by atoms with Crippen molar-refractivity contribution in [3.05, 3.63) is 52.5 Å². The number of carbonyl (C=O) groups is 1. The Morgan fingerprint density at radius 3 is 2.35 bits per heavy atom. The molecule has 5 heteroatoms. The molecular formula is C18H24N2O3. The predicted octanol–water partition coefficient (Wildman–Crippen LogP) is 3.76. The van der Waals surface area contributed by atoms with Crippen LogP contribution in [0, 0.1) is 27.7 Å². The molecule has 1 atom stereocenters. The van der Waals surface area contributed by atoms with Crippen LogP contribution in [-0.4, -0.2) is 17.7 Å². The third-order valence-corrected chi connectivity index (χ3v) is 3.62. The molecule has 0 fully saturated rings. The molecule has 124 valence electrons. The van der Waals surface area contributed by atoms with E-state index in [-0.39, 0.29) is 6.03 Å². The lowest BCUT2D eigenvalue weighted by Crippen LogP contribution is -2.30. The van der Waals surface area contributed by atoms with Gasteiger partial charge in [0.15, 0.2) is 0 Å². The minimum absolute atomic E-state index is 0.276. The number of amides is 2. The van der Waals surface area contributed by atoms with Crippen LogP contribution in [0.5, 0.6) is 0 Å². The molecule has 0 spiro atoms. The summed E-state index contributed by atoms with van der Waals surface area (Å²) in [5.74, 6) is 1.49. The number of nitrogens with one attached hydrogen (secondary N) is 2. The van der Waals surface area contributed by atoms with Crippen LogP contribution in [-0.2, 0) is 0 Å². The zero-order valence-corrected chi connectivity index (χ0v) is 14.1. The number of benzene rings is 1. The monoisotopic (exact) mass is 316 g/mol. The highest BCUT2D eigenvalue weighted by Gasteiger charge is 2.14. The van der Waals surface area contributed by atoms with Crippen molar-refractivity contribution >= 4 is 11.7 Å². The fourth-order valence-corrected chi connectivity index (χ4v) is 2.68. The van der Waals surface area contributed by atoms with E-state index in [9.17, 15) is 9.90 Å². The van der Waals surface area contributed by atoms with E-state index >= 15 is 0 Å². The summed E-state index contributed by atoms with van der Waals surface area (Å²) >= 11 is 0. The summed E-state index contributed by atoms with van der Waals surface area (Å²) in [5, 5.41) is 15.7. The van der Waals surface area contributed by atoms with E-state index in [4.69, 9.17) is 4.42 Å². The van der Waals surface area contributed by atoms with Crippen molar-refractivity contribution in [2.75, 3.05) is 11.9 Å². The number of urea groups is 1. The lowest BCUT2D eigenvalue weighted by molar-refractivity contribution is 0.165. The summed E-state index contributed by atoms with van der Waals surface area (Å²) in [6.45, 7) is 8.02. The van der Waals surface area contributed by atoms with Gasteiger partial charge in [0.1, 0.15) is 11.5 Å². The fraction of sp³-hybridized carbons (Fsp3) is 0.389. The lowest BCUT2D eigenvalue weighted by atomic mass is 10.1. The van der Waals surface area contributed by atoms with Gasteiger partial charge >= 0.3 is 6.03 Å². The van der Waals surface area contributed by atoms with Crippen molar-refractivity contribution < 1.29 is 14.3 Å². The van der Waals surface area contributed by atoms with Gasteiger partial charge < -0.3 is 20.2 Å². The van der Waals surface area contributed by atoms with Gasteiger partial charge in [-0.1, -0.05) is 6.07 Å². The number of aryl methyl sites for hydroxylation is 4. The summed E-state index contributed by atoms with van der Waals surface area (Å²) in [7, 11) is 0. The van der Waals surface area contributed by atoms with E-state index in [0.29, 0.717) is 13.0 Å². The Balaban J connectivity index is 1.81. The Morgan fingerprint density at radius 2 is 1.78 bits per heavy atom. The molecule has 0 radical (unpaired) electrons. The topological polar surface area (TPSA) is 74.5 Å². The molecule has 0 bridgehead atoms. The summed E-state index contributed by atoms with van der Waals surface area (Å²) in [6, 6.07) is 7.44. The van der Waals surface area contributed by atoms with Crippen LogP contribution in [0.2, 0.25) is 0 Å². The van der Waals surface area contributed by atoms with Crippen LogP contribution in [0.15, 0.2) is 28.7 Å². The first-order valence-corrected chi connectivity index (χ1v) is 7.73. The smallest absolute Gasteiger partial charge is 0.319 e. The molecule has 0 aliphatic heterocycles. The normalized spacial score (nSPS) is 12.0. The van der Waals surface area contributed by atoms with Gasteiger partial charge in [-0.05, 0) is 63.4 Å². The average molecular weight is 316 g/mol. The minimum Gasteiger partial charge on any atom is -0.466 e. The van der Waals surface area contributed by atoms with Gasteiger partial charge in [-0.3, -0.25) is 0 Å². The van der Waals surface area contributed by atoms with Gasteiger partial charge in [-0.15, -0.1) is 0 Å². The van der Waals surface area contributed by atoms with Gasteiger partial charge in [0, 0.05) is 17.8 Å². The molecule has 1 heterocycles. The number of rotatable bonds is 5. The SMILES string of the molecule is Cc1cc(C)cc(NC(=O)NCCC(O)c2cc(C)oc2C)c1. The molecular weight excluding hydrogens is 292 g/mol. The Labute approximate surface area is 136 Å². The summed E-state index contributed by atoms with van der Waals surface area (Å²) in [5.41, 5.74) is 3.74. The Bertz CT molecular complexity index is 671. The van der Waals surface area contributed by atoms with Crippen molar-refractivity contribution in [2.45, 2.75) is 40.2 Å². The van der Waals surface area contributed by atoms with Gasteiger partial charge in [-0.25, -0.2) is 4.79 Å². The van der Waals surface area contributed by atoms with Crippen molar-refractivity contribution in [1.29, 1.82) is 0 Å². The van der Waals surface area contributed by atoms with Crippen molar-refractivity contribution in [3.63, 3.8) is 0 Å². The third kappa shape index (κ3) is 4.86. The van der Waals surface area contributed by atoms with Gasteiger partial charge in [-0.2, -0.15) is 0 Å². The molecule has 1 aromatic heterocycles. The van der Waals surface area contributed by atoms with Crippen LogP contribution < -0.4 is 10.6 Å². The fourth-order valence-electron chi connectivity index (χ4n) is 2.68. The Morgan fingerprint density at radius 1 is 1.13 bits per heavy atom. The minimum atomic E-state index is -0.644. The maximum absolute atomic E-state index is 11.9. The van der Waals surface area contributed by atoms with E-state index in [1.807, 2.05) is 45.9 Å². The van der Waals surface area contributed by atoms with Crippen molar-refractivity contribution in [1.82, 2.24) is 5.32 Å². The van der Waals surface area contributed by atoms with E-state index in [2.05, 4.69) is 16.7 Å². The van der Waals surface area contributed by atoms with Crippen LogP contribution in [0.3, 0.4) is 0 Å². The van der Waals surface area contributed by atoms with E-state index in [1.54, 1.807) is 0 Å². The van der Waals surface area contributed by atoms with Crippen LogP contribution in [0.4, 0.5) is 10.5 Å². The van der Waals surface area contributed by atoms with Crippen LogP contribution >= 0.6 is 0 Å². The standard InChI is InChI=1S/C18H24N2O3/c1-11-7-12(2)9-15(8-11)20-18(22)19-6-5-17(21)16-10-13(3)23-14(16)4/h7-10,17,21H,5-6H2,1-4H3,(H2,19,20,22). The number of anilines is 1. The lowest BCUT2D eigenvalue weighted by Gasteiger charge is -2.12. The second-order valence-corrected chi connectivity index (χ2v) is 5.93. The highest BCUT2D eigenvalue weighted by atomic mass is 16.3. The molecule has 2 aromatic rings. The summed E-state index contributed by atoms with van der Waals surface area (Å²) in [6.07, 6.45) is -0.214. The first kappa shape index (κ1) is 17.1. The molecule has 23 heavy (non-hydrogen) atoms. The maximum atomic E-state index is 11.9.